The molecule has 0 spiro atoms. The molecular formula is C31H34FN3O4. The summed E-state index contributed by atoms with van der Waals surface area (Å²) < 4.78 is 31.8. The lowest BCUT2D eigenvalue weighted by molar-refractivity contribution is -0.155. The normalized spacial score (nSPS) is 11.6. The second-order valence-electron chi connectivity index (χ2n) is 10.4. The summed E-state index contributed by atoms with van der Waals surface area (Å²) in [5, 5.41) is 4.07. The van der Waals surface area contributed by atoms with Gasteiger partial charge in [-0.05, 0) is 77.1 Å². The molecule has 3 aromatic carbocycles. The molecule has 0 unspecified atom stereocenters. The van der Waals surface area contributed by atoms with Gasteiger partial charge in [0.25, 0.3) is 5.89 Å². The van der Waals surface area contributed by atoms with Crippen molar-refractivity contribution in [1.29, 1.82) is 0 Å². The van der Waals surface area contributed by atoms with E-state index in [9.17, 15) is 9.18 Å². The molecule has 1 aromatic heterocycles. The Hall–Kier alpha value is -4.04. The first-order valence-electron chi connectivity index (χ1n) is 12.9. The molecule has 0 bridgehead atoms. The summed E-state index contributed by atoms with van der Waals surface area (Å²) in [5.41, 5.74) is 4.29. The fourth-order valence-corrected chi connectivity index (χ4v) is 4.24. The second kappa shape index (κ2) is 11.8. The summed E-state index contributed by atoms with van der Waals surface area (Å²) in [7, 11) is 1.74. The first kappa shape index (κ1) is 28.0. The maximum atomic E-state index is 15.0. The lowest BCUT2D eigenvalue weighted by atomic mass is 9.98. The van der Waals surface area contributed by atoms with Crippen LogP contribution >= 0.6 is 0 Å². The first-order valence-corrected chi connectivity index (χ1v) is 12.9. The van der Waals surface area contributed by atoms with Crippen molar-refractivity contribution in [2.24, 2.45) is 0 Å². The molecule has 39 heavy (non-hydrogen) atoms. The number of benzene rings is 3. The van der Waals surface area contributed by atoms with Crippen LogP contribution in [0.3, 0.4) is 0 Å². The van der Waals surface area contributed by atoms with Crippen molar-refractivity contribution >= 4 is 5.97 Å². The fourth-order valence-electron chi connectivity index (χ4n) is 4.24. The van der Waals surface area contributed by atoms with Gasteiger partial charge >= 0.3 is 5.97 Å². The number of carbonyl (C=O) groups is 1. The van der Waals surface area contributed by atoms with E-state index >= 15 is 0 Å². The Bertz CT molecular complexity index is 1460. The van der Waals surface area contributed by atoms with Crippen LogP contribution in [0.5, 0.6) is 5.75 Å². The quantitative estimate of drug-likeness (QED) is 0.223. The predicted octanol–water partition coefficient (Wildman–Crippen LogP) is 6.69. The van der Waals surface area contributed by atoms with Gasteiger partial charge in [0, 0.05) is 28.8 Å². The third-order valence-corrected chi connectivity index (χ3v) is 5.96. The van der Waals surface area contributed by atoms with E-state index in [4.69, 9.17) is 14.0 Å². The van der Waals surface area contributed by atoms with Gasteiger partial charge in [-0.2, -0.15) is 4.98 Å². The van der Waals surface area contributed by atoms with E-state index in [0.717, 1.165) is 22.4 Å². The molecular weight excluding hydrogens is 497 g/mol. The predicted molar refractivity (Wildman–Crippen MR) is 149 cm³/mol. The number of nitrogens with zero attached hydrogens (tertiary/aromatic N) is 3. The minimum atomic E-state index is -0.568. The number of rotatable bonds is 9. The van der Waals surface area contributed by atoms with Gasteiger partial charge in [-0.15, -0.1) is 0 Å². The number of carbonyl (C=O) groups excluding carboxylic acids is 1. The Balaban J connectivity index is 1.51. The summed E-state index contributed by atoms with van der Waals surface area (Å²) in [6, 6.07) is 18.7. The van der Waals surface area contributed by atoms with Gasteiger partial charge in [-0.1, -0.05) is 41.6 Å². The van der Waals surface area contributed by atoms with E-state index in [2.05, 4.69) is 29.2 Å². The molecule has 0 fully saturated rings. The van der Waals surface area contributed by atoms with Crippen LogP contribution in [-0.2, 0) is 16.1 Å². The monoisotopic (exact) mass is 531 g/mol. The van der Waals surface area contributed by atoms with Crippen molar-refractivity contribution in [2.45, 2.75) is 46.8 Å². The SMILES string of the molecule is CCOc1cc(-c2nc(-c3ccc(CN(C)CC(=O)OC(C)(C)C)c(F)c3)no2)ccc1-c1ccccc1C. The Morgan fingerprint density at radius 3 is 2.46 bits per heavy atom. The standard InChI is InChI=1S/C31H34FN3O4/c1-7-37-27-17-22(14-15-25(27)24-11-9-8-10-20(24)2)30-33-29(34-39-30)21-12-13-23(26(32)16-21)18-35(6)19-28(36)38-31(3,4)5/h8-17H,7,18-19H2,1-6H3. The summed E-state index contributed by atoms with van der Waals surface area (Å²) >= 11 is 0. The number of hydrogen-bond donors (Lipinski definition) is 0. The Labute approximate surface area is 228 Å². The molecule has 0 aliphatic carbocycles. The zero-order valence-corrected chi connectivity index (χ0v) is 23.2. The lowest BCUT2D eigenvalue weighted by Crippen LogP contribution is -2.32. The molecule has 4 aromatic rings. The van der Waals surface area contributed by atoms with Crippen molar-refractivity contribution < 1.29 is 23.2 Å². The first-order chi connectivity index (χ1) is 18.5. The Morgan fingerprint density at radius 2 is 1.77 bits per heavy atom. The highest BCUT2D eigenvalue weighted by Gasteiger charge is 2.19. The average Bonchev–Trinajstić information content (AvgIpc) is 3.35. The third kappa shape index (κ3) is 7.09. The zero-order chi connectivity index (χ0) is 28.2. The molecule has 0 N–H and O–H groups in total. The molecule has 4 rings (SSSR count). The third-order valence-electron chi connectivity index (χ3n) is 5.96. The smallest absolute Gasteiger partial charge is 0.320 e. The van der Waals surface area contributed by atoms with E-state index in [1.54, 1.807) is 24.1 Å². The van der Waals surface area contributed by atoms with Gasteiger partial charge < -0.3 is 14.0 Å². The zero-order valence-electron chi connectivity index (χ0n) is 23.2. The Kier molecular flexibility index (Phi) is 8.45. The van der Waals surface area contributed by atoms with Crippen molar-refractivity contribution in [3.05, 3.63) is 77.6 Å². The number of aryl methyl sites for hydroxylation is 1. The van der Waals surface area contributed by atoms with Crippen LogP contribution in [0.15, 0.2) is 65.2 Å². The maximum absolute atomic E-state index is 15.0. The number of ether oxygens (including phenoxy) is 2. The summed E-state index contributed by atoms with van der Waals surface area (Å²) in [6.07, 6.45) is 0. The highest BCUT2D eigenvalue weighted by molar-refractivity contribution is 5.76. The van der Waals surface area contributed by atoms with Gasteiger partial charge in [0.1, 0.15) is 17.2 Å². The molecule has 1 heterocycles. The van der Waals surface area contributed by atoms with E-state index in [0.29, 0.717) is 29.2 Å². The molecule has 7 nitrogen and oxygen atoms in total. The van der Waals surface area contributed by atoms with Crippen molar-refractivity contribution in [1.82, 2.24) is 15.0 Å². The van der Waals surface area contributed by atoms with Crippen LogP contribution in [0.4, 0.5) is 4.39 Å². The molecule has 0 amide bonds. The summed E-state index contributed by atoms with van der Waals surface area (Å²) in [6.45, 7) is 10.2. The molecule has 0 saturated carbocycles. The van der Waals surface area contributed by atoms with Crippen molar-refractivity contribution in [3.8, 4) is 39.7 Å². The molecule has 0 saturated heterocycles. The molecule has 8 heteroatoms. The molecule has 0 aliphatic rings. The second-order valence-corrected chi connectivity index (χ2v) is 10.4. The number of halogens is 1. The fraction of sp³-hybridized carbons (Fsp3) is 0.323. The average molecular weight is 532 g/mol. The van der Waals surface area contributed by atoms with Crippen LogP contribution < -0.4 is 4.74 Å². The van der Waals surface area contributed by atoms with Crippen LogP contribution in [-0.4, -0.2) is 46.8 Å². The lowest BCUT2D eigenvalue weighted by Gasteiger charge is -2.22. The van der Waals surface area contributed by atoms with E-state index in [1.807, 2.05) is 58.0 Å². The number of hydrogen-bond acceptors (Lipinski definition) is 7. The van der Waals surface area contributed by atoms with Gasteiger partial charge in [0.2, 0.25) is 5.82 Å². The van der Waals surface area contributed by atoms with Crippen molar-refractivity contribution in [3.63, 3.8) is 0 Å². The van der Waals surface area contributed by atoms with Crippen LogP contribution in [0.25, 0.3) is 34.0 Å². The number of aromatic nitrogens is 2. The van der Waals surface area contributed by atoms with Gasteiger partial charge in [-0.25, -0.2) is 4.39 Å². The van der Waals surface area contributed by atoms with E-state index in [1.165, 1.54) is 6.07 Å². The number of likely N-dealkylation sites (N-methyl/N-ethyl adjacent to an activating group) is 1. The van der Waals surface area contributed by atoms with Crippen LogP contribution in [0, 0.1) is 12.7 Å². The molecule has 0 aliphatic heterocycles. The van der Waals surface area contributed by atoms with Gasteiger partial charge in [0.15, 0.2) is 0 Å². The van der Waals surface area contributed by atoms with Gasteiger partial charge in [0.05, 0.1) is 13.2 Å². The maximum Gasteiger partial charge on any atom is 0.320 e. The van der Waals surface area contributed by atoms with Crippen LogP contribution in [0.2, 0.25) is 0 Å². The largest absolute Gasteiger partial charge is 0.493 e. The molecule has 204 valence electrons. The van der Waals surface area contributed by atoms with Crippen LogP contribution in [0.1, 0.15) is 38.8 Å². The van der Waals surface area contributed by atoms with E-state index in [-0.39, 0.29) is 24.9 Å². The number of esters is 1. The minimum Gasteiger partial charge on any atom is -0.493 e. The Morgan fingerprint density at radius 1 is 1.03 bits per heavy atom. The highest BCUT2D eigenvalue weighted by Crippen LogP contribution is 2.36. The minimum absolute atomic E-state index is 0.0546. The highest BCUT2D eigenvalue weighted by atomic mass is 19.1. The summed E-state index contributed by atoms with van der Waals surface area (Å²) in [4.78, 5) is 18.3. The molecule has 0 atom stereocenters. The van der Waals surface area contributed by atoms with E-state index < -0.39 is 11.4 Å². The van der Waals surface area contributed by atoms with Gasteiger partial charge in [-0.3, -0.25) is 9.69 Å². The summed E-state index contributed by atoms with van der Waals surface area (Å²) in [5.74, 6) is 0.522. The van der Waals surface area contributed by atoms with Crippen molar-refractivity contribution in [2.75, 3.05) is 20.2 Å². The topological polar surface area (TPSA) is 77.7 Å². The molecule has 0 radical (unpaired) electrons.